The number of likely N-dealkylation sites (N-methyl/N-ethyl adjacent to an activating group) is 2. The number of carbonyl (C=O) groups excluding carboxylic acids is 11. The van der Waals surface area contributed by atoms with Crippen molar-refractivity contribution in [1.82, 2.24) is 25.3 Å². The van der Waals surface area contributed by atoms with Crippen LogP contribution in [-0.4, -0.2) is 188 Å². The highest BCUT2D eigenvalue weighted by Crippen LogP contribution is 2.35. The van der Waals surface area contributed by atoms with Gasteiger partial charge in [0.1, 0.15) is 31.4 Å². The lowest BCUT2D eigenvalue weighted by atomic mass is 9.83. The molecule has 4 aromatic rings. The van der Waals surface area contributed by atoms with Crippen LogP contribution >= 0.6 is 0 Å². The Bertz CT molecular complexity index is 3700. The standard InChI is InChI=1S/C85H119N7O17/c1-16-54(6)78(74(105-14)49-76(98)91-41-25-31-69(91)80(106-15)58(10)70(93)44-55(7)79(99)63-28-21-18-22-29-63)89(12)84(103)67(52(2)3)48-73(96)77(53(4)5)90(13)85(104)109-50-62-34-32-61(33-35-62)46-72(95)68(30-23-24-40-86)88-81(100)64(45-60-26-19-17-20-27-60)47-71(94)59(11)87-75(97)51-107-42-43-108-66-38-36-65(37-39-66)92-82(101)56(8)57(9)83(92)102/h17-22,26-29,32-39,52-55,58-59,64,67-69,74,77-80,99H,16,23-25,30-31,40-51,86H2,1-15H3,(H,87,97)(H,88,100)/t54?,55-,58-,59+,64+,67-,68-,69-,74+,77-,78-,79+,80+/m0/s1. The highest BCUT2D eigenvalue weighted by atomic mass is 16.6. The molecule has 0 aromatic heterocycles. The Morgan fingerprint density at radius 3 is 1.87 bits per heavy atom. The van der Waals surface area contributed by atoms with Gasteiger partial charge in [-0.3, -0.25) is 47.9 Å². The van der Waals surface area contributed by atoms with Crippen LogP contribution in [0.5, 0.6) is 5.75 Å². The number of likely N-dealkylation sites (tertiary alicyclic amines) is 1. The zero-order chi connectivity index (χ0) is 80.3. The fraction of sp³-hybridized carbons (Fsp3) is 0.565. The lowest BCUT2D eigenvalue weighted by Gasteiger charge is -2.41. The van der Waals surface area contributed by atoms with Gasteiger partial charge in [-0.2, -0.15) is 0 Å². The first-order valence-corrected chi connectivity index (χ1v) is 38.5. The molecule has 1 unspecified atom stereocenters. The number of carbonyl (C=O) groups is 11. The summed E-state index contributed by atoms with van der Waals surface area (Å²) < 4.78 is 29.2. The molecule has 1 saturated heterocycles. The molecule has 596 valence electrons. The molecule has 109 heavy (non-hydrogen) atoms. The van der Waals surface area contributed by atoms with Gasteiger partial charge < -0.3 is 59.9 Å². The molecular formula is C85H119N7O17. The minimum absolute atomic E-state index is 0.0252. The summed E-state index contributed by atoms with van der Waals surface area (Å²) in [4.78, 5) is 158. The molecule has 5 N–H and O–H groups in total. The van der Waals surface area contributed by atoms with Crippen molar-refractivity contribution in [3.63, 3.8) is 0 Å². The van der Waals surface area contributed by atoms with Gasteiger partial charge in [0.2, 0.25) is 23.6 Å². The minimum atomic E-state index is -0.990. The van der Waals surface area contributed by atoms with Crippen molar-refractivity contribution < 1.29 is 81.5 Å². The number of aliphatic hydroxyl groups excluding tert-OH is 1. The first-order chi connectivity index (χ1) is 51.9. The van der Waals surface area contributed by atoms with Gasteiger partial charge in [0.15, 0.2) is 17.3 Å². The van der Waals surface area contributed by atoms with Crippen LogP contribution in [0, 0.1) is 41.4 Å². The summed E-state index contributed by atoms with van der Waals surface area (Å²) in [6.07, 6.45) is 0.231. The van der Waals surface area contributed by atoms with Crippen LogP contribution in [0.1, 0.15) is 169 Å². The number of nitrogens with zero attached hydrogens (tertiary/aromatic N) is 4. The Labute approximate surface area is 644 Å². The van der Waals surface area contributed by atoms with Crippen molar-refractivity contribution in [3.05, 3.63) is 143 Å². The SMILES string of the molecule is CCC(C)[C@@H]([C@@H](CC(=O)N1CCC[C@H]1[C@H](OC)[C@@H](C)C(=O)C[C@H](C)[C@@H](O)c1ccccc1)OC)N(C)C(=O)[C@@H](CC(=O)[C@H](C(C)C)N(C)C(=O)OCc1ccc(CC(=O)[C@H](CCCCN)NC(=O)[C@@H](CC(=O)[C@@H](C)NC(=O)COCCOc2ccc(N3C(=O)C(C)=C(C)C3=O)cc2)Cc2ccccc2)cc1)C(C)C. The molecular weight excluding hydrogens is 1390 g/mol. The summed E-state index contributed by atoms with van der Waals surface area (Å²) >= 11 is 0. The number of nitrogens with two attached hydrogens (primary N) is 1. The number of imide groups is 1. The second kappa shape index (κ2) is 43.5. The number of hydrogen-bond acceptors (Lipinski definition) is 18. The van der Waals surface area contributed by atoms with Gasteiger partial charge in [0.25, 0.3) is 11.8 Å². The third kappa shape index (κ3) is 25.1. The summed E-state index contributed by atoms with van der Waals surface area (Å²) in [6.45, 7) is 20.2. The van der Waals surface area contributed by atoms with E-state index >= 15 is 0 Å². The molecule has 24 nitrogen and oxygen atoms in total. The number of anilines is 1. The maximum atomic E-state index is 15.0. The van der Waals surface area contributed by atoms with Crippen LogP contribution < -0.4 is 26.0 Å². The number of ether oxygens (including phenoxy) is 5. The quantitative estimate of drug-likeness (QED) is 0.0236. The molecule has 0 bridgehead atoms. The molecule has 0 radical (unpaired) electrons. The van der Waals surface area contributed by atoms with E-state index in [1.54, 1.807) is 86.3 Å². The maximum Gasteiger partial charge on any atom is 0.410 e. The van der Waals surface area contributed by atoms with E-state index < -0.39 is 90.0 Å². The van der Waals surface area contributed by atoms with Gasteiger partial charge in [-0.1, -0.05) is 147 Å². The number of methoxy groups -OCH3 is 2. The monoisotopic (exact) mass is 1510 g/mol. The van der Waals surface area contributed by atoms with Crippen molar-refractivity contribution >= 4 is 70.4 Å². The molecule has 2 aliphatic rings. The van der Waals surface area contributed by atoms with Gasteiger partial charge in [-0.05, 0) is 136 Å². The number of Topliss-reactive ketones (excluding diaryl/α,β-unsaturated/α-hetero) is 4. The molecule has 0 spiro atoms. The average Bonchev–Trinajstić information content (AvgIpc) is 1.69. The van der Waals surface area contributed by atoms with Crippen LogP contribution in [-0.2, 0) is 86.3 Å². The Morgan fingerprint density at radius 2 is 1.28 bits per heavy atom. The molecule has 4 aromatic carbocycles. The molecule has 6 rings (SSSR count). The second-order valence-corrected chi connectivity index (χ2v) is 30.2. The summed E-state index contributed by atoms with van der Waals surface area (Å²) in [5.41, 5.74) is 9.80. The second-order valence-electron chi connectivity index (χ2n) is 30.2. The van der Waals surface area contributed by atoms with Crippen LogP contribution in [0.4, 0.5) is 10.5 Å². The number of benzene rings is 4. The topological polar surface area (TPSA) is 317 Å². The summed E-state index contributed by atoms with van der Waals surface area (Å²) in [7, 11) is 6.27. The summed E-state index contributed by atoms with van der Waals surface area (Å²) in [5, 5.41) is 16.7. The Kier molecular flexibility index (Phi) is 35.6. The van der Waals surface area contributed by atoms with Gasteiger partial charge in [-0.15, -0.1) is 0 Å². The number of rotatable bonds is 46. The van der Waals surface area contributed by atoms with Gasteiger partial charge >= 0.3 is 6.09 Å². The Balaban J connectivity index is 1.01. The highest BCUT2D eigenvalue weighted by molar-refractivity contribution is 6.32. The average molecular weight is 1510 g/mol. The van der Waals surface area contributed by atoms with E-state index in [4.69, 9.17) is 29.4 Å². The largest absolute Gasteiger partial charge is 0.491 e. The molecule has 7 amide bonds. The first kappa shape index (κ1) is 89.1. The number of unbranched alkanes of at least 4 members (excludes halogenated alkanes) is 1. The van der Waals surface area contributed by atoms with E-state index in [0.29, 0.717) is 78.9 Å². The zero-order valence-electron chi connectivity index (χ0n) is 66.6. The van der Waals surface area contributed by atoms with Crippen LogP contribution in [0.25, 0.3) is 0 Å². The summed E-state index contributed by atoms with van der Waals surface area (Å²) in [6, 6.07) is 27.9. The van der Waals surface area contributed by atoms with Crippen molar-refractivity contribution in [2.24, 2.45) is 47.2 Å². The van der Waals surface area contributed by atoms with E-state index in [0.717, 1.165) is 16.0 Å². The molecule has 0 aliphatic carbocycles. The smallest absolute Gasteiger partial charge is 0.410 e. The maximum absolute atomic E-state index is 15.0. The van der Waals surface area contributed by atoms with E-state index in [9.17, 15) is 57.8 Å². The third-order valence-electron chi connectivity index (χ3n) is 21.6. The van der Waals surface area contributed by atoms with Crippen molar-refractivity contribution in [2.45, 2.75) is 208 Å². The lowest BCUT2D eigenvalue weighted by molar-refractivity contribution is -0.149. The van der Waals surface area contributed by atoms with E-state index in [2.05, 4.69) is 10.6 Å². The minimum Gasteiger partial charge on any atom is -0.491 e. The molecule has 0 saturated carbocycles. The normalized spacial score (nSPS) is 17.1. The molecule has 2 aliphatic heterocycles. The van der Waals surface area contributed by atoms with E-state index in [1.165, 1.54) is 26.0 Å². The lowest BCUT2D eigenvalue weighted by Crippen LogP contribution is -2.54. The fourth-order valence-corrected chi connectivity index (χ4v) is 14.7. The molecule has 1 fully saturated rings. The number of nitrogens with one attached hydrogen (secondary N) is 2. The van der Waals surface area contributed by atoms with Crippen molar-refractivity contribution in [2.75, 3.05) is 66.1 Å². The molecule has 24 heteroatoms. The number of hydrogen-bond donors (Lipinski definition) is 4. The zero-order valence-corrected chi connectivity index (χ0v) is 66.6. The van der Waals surface area contributed by atoms with E-state index in [-0.39, 0.29) is 136 Å². The Hall–Kier alpha value is -8.81. The van der Waals surface area contributed by atoms with Gasteiger partial charge in [0.05, 0.1) is 67.2 Å². The molecule has 2 heterocycles. The van der Waals surface area contributed by atoms with Crippen LogP contribution in [0.2, 0.25) is 0 Å². The number of aliphatic hydroxyl groups is 1. The van der Waals surface area contributed by atoms with Gasteiger partial charge in [0, 0.05) is 89.4 Å². The Morgan fingerprint density at radius 1 is 0.661 bits per heavy atom. The highest BCUT2D eigenvalue weighted by Gasteiger charge is 2.45. The van der Waals surface area contributed by atoms with Crippen molar-refractivity contribution in [3.8, 4) is 5.75 Å². The van der Waals surface area contributed by atoms with E-state index in [1.807, 2.05) is 116 Å². The predicted octanol–water partition coefficient (Wildman–Crippen LogP) is 10.1. The fourth-order valence-electron chi connectivity index (χ4n) is 14.7. The number of ketones is 4. The third-order valence-corrected chi connectivity index (χ3v) is 21.6. The summed E-state index contributed by atoms with van der Waals surface area (Å²) in [5.74, 6) is -6.41. The predicted molar refractivity (Wildman–Crippen MR) is 415 cm³/mol. The van der Waals surface area contributed by atoms with Crippen LogP contribution in [0.3, 0.4) is 0 Å². The number of amides is 7. The van der Waals surface area contributed by atoms with Crippen LogP contribution in [0.15, 0.2) is 120 Å². The van der Waals surface area contributed by atoms with Gasteiger partial charge in [-0.25, -0.2) is 9.69 Å². The first-order valence-electron chi connectivity index (χ1n) is 38.5. The van der Waals surface area contributed by atoms with Crippen molar-refractivity contribution in [1.29, 1.82) is 0 Å². The molecule has 13 atom stereocenters.